The second-order valence-electron chi connectivity index (χ2n) is 7.23. The lowest BCUT2D eigenvalue weighted by Crippen LogP contribution is -2.39. The van der Waals surface area contributed by atoms with Gasteiger partial charge in [-0.1, -0.05) is 0 Å². The van der Waals surface area contributed by atoms with Crippen LogP contribution in [-0.2, 0) is 6.42 Å². The van der Waals surface area contributed by atoms with Crippen LogP contribution in [0.1, 0.15) is 41.4 Å². The molecule has 0 radical (unpaired) electrons. The number of aromatic carboxylic acids is 1. The fourth-order valence-corrected chi connectivity index (χ4v) is 3.45. The summed E-state index contributed by atoms with van der Waals surface area (Å²) in [6.07, 6.45) is 3.40. The minimum Gasteiger partial charge on any atom is -0.485 e. The maximum atomic E-state index is 14.2. The Morgan fingerprint density at radius 1 is 1.54 bits per heavy atom. The minimum absolute atomic E-state index is 0.00463. The lowest BCUT2D eigenvalue weighted by atomic mass is 9.97. The number of halogens is 1. The van der Waals surface area contributed by atoms with Gasteiger partial charge in [0.15, 0.2) is 5.65 Å². The van der Waals surface area contributed by atoms with E-state index in [1.54, 1.807) is 12.3 Å². The van der Waals surface area contributed by atoms with Crippen LogP contribution in [0.3, 0.4) is 0 Å². The highest BCUT2D eigenvalue weighted by molar-refractivity contribution is 5.94. The van der Waals surface area contributed by atoms with Crippen molar-refractivity contribution in [1.29, 1.82) is 0 Å². The van der Waals surface area contributed by atoms with Crippen molar-refractivity contribution < 1.29 is 19.0 Å². The monoisotopic (exact) mass is 385 g/mol. The van der Waals surface area contributed by atoms with E-state index in [1.165, 1.54) is 22.8 Å². The van der Waals surface area contributed by atoms with Crippen molar-refractivity contribution in [2.24, 2.45) is 5.73 Å². The number of carboxylic acid groups (broad SMARTS) is 1. The Balaban J connectivity index is 1.67. The zero-order valence-corrected chi connectivity index (χ0v) is 15.4. The number of nitrogens with two attached hydrogens (primary N) is 1. The standard InChI is InChI=1S/C19H20FN5O3/c1-10(13-6-12(20)5-11-7-19(2,9-21)28-16(11)13)23-15-3-4-25-17(24-15)14(8-22-25)18(26)27/h3-6,8,10H,7,9,21H2,1-2H3,(H,23,24)(H,26,27)/t10?,19-/m1/s1. The average molecular weight is 385 g/mol. The molecule has 0 spiro atoms. The summed E-state index contributed by atoms with van der Waals surface area (Å²) in [4.78, 5) is 15.6. The summed E-state index contributed by atoms with van der Waals surface area (Å²) in [5.41, 5.74) is 6.92. The quantitative estimate of drug-likeness (QED) is 0.618. The van der Waals surface area contributed by atoms with Crippen molar-refractivity contribution in [2.45, 2.75) is 31.9 Å². The lowest BCUT2D eigenvalue weighted by Gasteiger charge is -2.23. The Hall–Kier alpha value is -3.20. The first-order valence-electron chi connectivity index (χ1n) is 8.85. The van der Waals surface area contributed by atoms with Crippen molar-refractivity contribution in [1.82, 2.24) is 14.6 Å². The molecule has 0 amide bonds. The third-order valence-electron chi connectivity index (χ3n) is 4.93. The van der Waals surface area contributed by atoms with Crippen molar-refractivity contribution in [2.75, 3.05) is 11.9 Å². The van der Waals surface area contributed by atoms with E-state index in [0.717, 1.165) is 5.56 Å². The summed E-state index contributed by atoms with van der Waals surface area (Å²) in [7, 11) is 0. The van der Waals surface area contributed by atoms with Gasteiger partial charge in [0.2, 0.25) is 0 Å². The lowest BCUT2D eigenvalue weighted by molar-refractivity contribution is 0.0698. The number of anilines is 1. The van der Waals surface area contributed by atoms with Crippen LogP contribution in [0.2, 0.25) is 0 Å². The van der Waals surface area contributed by atoms with Crippen LogP contribution in [-0.4, -0.2) is 37.8 Å². The first-order valence-corrected chi connectivity index (χ1v) is 8.85. The summed E-state index contributed by atoms with van der Waals surface area (Å²) < 4.78 is 21.6. The number of hydrogen-bond acceptors (Lipinski definition) is 6. The SMILES string of the molecule is CC(Nc1ccn2ncc(C(=O)O)c2n1)c1cc(F)cc2c1O[C@@](C)(CN)C2. The first kappa shape index (κ1) is 18.2. The molecule has 0 aliphatic carbocycles. The number of benzene rings is 1. The van der Waals surface area contributed by atoms with E-state index >= 15 is 0 Å². The van der Waals surface area contributed by atoms with Gasteiger partial charge in [0, 0.05) is 30.3 Å². The van der Waals surface area contributed by atoms with Gasteiger partial charge in [-0.2, -0.15) is 5.10 Å². The topological polar surface area (TPSA) is 115 Å². The highest BCUT2D eigenvalue weighted by atomic mass is 19.1. The van der Waals surface area contributed by atoms with Gasteiger partial charge in [0.1, 0.15) is 28.5 Å². The molecule has 1 aliphatic rings. The fraction of sp³-hybridized carbons (Fsp3) is 0.316. The summed E-state index contributed by atoms with van der Waals surface area (Å²) in [5.74, 6) is -0.378. The van der Waals surface area contributed by atoms with Crippen LogP contribution in [0.25, 0.3) is 5.65 Å². The molecule has 8 nitrogen and oxygen atoms in total. The zero-order chi connectivity index (χ0) is 20.1. The minimum atomic E-state index is -1.11. The van der Waals surface area contributed by atoms with Crippen LogP contribution in [0.15, 0.2) is 30.6 Å². The molecule has 28 heavy (non-hydrogen) atoms. The molecule has 1 aromatic carbocycles. The smallest absolute Gasteiger partial charge is 0.341 e. The predicted octanol–water partition coefficient (Wildman–Crippen LogP) is 2.39. The van der Waals surface area contributed by atoms with Crippen molar-refractivity contribution in [3.63, 3.8) is 0 Å². The van der Waals surface area contributed by atoms with Crippen molar-refractivity contribution >= 4 is 17.4 Å². The molecular weight excluding hydrogens is 365 g/mol. The molecular formula is C19H20FN5O3. The number of ether oxygens (including phenoxy) is 1. The second-order valence-corrected chi connectivity index (χ2v) is 7.23. The number of fused-ring (bicyclic) bond motifs is 2. The highest BCUT2D eigenvalue weighted by Crippen LogP contribution is 2.41. The predicted molar refractivity (Wildman–Crippen MR) is 100 cm³/mol. The molecule has 1 unspecified atom stereocenters. The number of rotatable bonds is 5. The Kier molecular flexibility index (Phi) is 4.19. The molecule has 0 saturated heterocycles. The van der Waals surface area contributed by atoms with E-state index in [2.05, 4.69) is 15.4 Å². The largest absolute Gasteiger partial charge is 0.485 e. The maximum Gasteiger partial charge on any atom is 0.341 e. The van der Waals surface area contributed by atoms with E-state index in [9.17, 15) is 14.3 Å². The summed E-state index contributed by atoms with van der Waals surface area (Å²) >= 11 is 0. The number of nitrogens with one attached hydrogen (secondary N) is 1. The molecule has 2 atom stereocenters. The van der Waals surface area contributed by atoms with E-state index in [1.807, 2.05) is 13.8 Å². The Morgan fingerprint density at radius 3 is 3.04 bits per heavy atom. The van der Waals surface area contributed by atoms with E-state index in [4.69, 9.17) is 10.5 Å². The summed E-state index contributed by atoms with van der Waals surface area (Å²) in [6, 6.07) is 4.24. The molecule has 1 aliphatic heterocycles. The van der Waals surface area contributed by atoms with Gasteiger partial charge in [-0.25, -0.2) is 18.7 Å². The van der Waals surface area contributed by atoms with Gasteiger partial charge in [-0.15, -0.1) is 0 Å². The van der Waals surface area contributed by atoms with Crippen LogP contribution < -0.4 is 15.8 Å². The van der Waals surface area contributed by atoms with E-state index < -0.39 is 11.6 Å². The molecule has 0 saturated carbocycles. The highest BCUT2D eigenvalue weighted by Gasteiger charge is 2.36. The third kappa shape index (κ3) is 3.03. The normalized spacial score (nSPS) is 19.3. The summed E-state index contributed by atoms with van der Waals surface area (Å²) in [5, 5.41) is 16.4. The van der Waals surface area contributed by atoms with Crippen LogP contribution in [0, 0.1) is 5.82 Å². The average Bonchev–Trinajstić information content (AvgIpc) is 3.21. The molecule has 3 heterocycles. The summed E-state index contributed by atoms with van der Waals surface area (Å²) in [6.45, 7) is 4.08. The maximum absolute atomic E-state index is 14.2. The molecule has 4 rings (SSSR count). The second kappa shape index (κ2) is 6.45. The molecule has 9 heteroatoms. The Bertz CT molecular complexity index is 1080. The van der Waals surface area contributed by atoms with Crippen molar-refractivity contribution in [3.8, 4) is 5.75 Å². The fourth-order valence-electron chi connectivity index (χ4n) is 3.45. The number of nitrogens with zero attached hydrogens (tertiary/aromatic N) is 3. The van der Waals surface area contributed by atoms with Gasteiger partial charge in [-0.3, -0.25) is 0 Å². The third-order valence-corrected chi connectivity index (χ3v) is 4.93. The number of carboxylic acids is 1. The van der Waals surface area contributed by atoms with Gasteiger partial charge in [-0.05, 0) is 32.0 Å². The van der Waals surface area contributed by atoms with Gasteiger partial charge in [0.25, 0.3) is 0 Å². The number of carbonyl (C=O) groups is 1. The van der Waals surface area contributed by atoms with E-state index in [0.29, 0.717) is 30.1 Å². The number of hydrogen-bond donors (Lipinski definition) is 3. The Morgan fingerprint density at radius 2 is 2.32 bits per heavy atom. The number of aromatic nitrogens is 3. The molecule has 0 bridgehead atoms. The molecule has 0 fully saturated rings. The van der Waals surface area contributed by atoms with Gasteiger partial charge in [0.05, 0.1) is 12.2 Å². The van der Waals surface area contributed by atoms with Gasteiger partial charge < -0.3 is 20.9 Å². The first-order chi connectivity index (χ1) is 13.3. The van der Waals surface area contributed by atoms with Crippen LogP contribution >= 0.6 is 0 Å². The van der Waals surface area contributed by atoms with Crippen LogP contribution in [0.5, 0.6) is 5.75 Å². The molecule has 146 valence electrons. The van der Waals surface area contributed by atoms with Crippen molar-refractivity contribution in [3.05, 3.63) is 53.1 Å². The zero-order valence-electron chi connectivity index (χ0n) is 15.4. The van der Waals surface area contributed by atoms with E-state index in [-0.39, 0.29) is 23.1 Å². The van der Waals surface area contributed by atoms with Gasteiger partial charge >= 0.3 is 5.97 Å². The molecule has 4 N–H and O–H groups in total. The Labute approximate surface area is 160 Å². The van der Waals surface area contributed by atoms with Crippen LogP contribution in [0.4, 0.5) is 10.2 Å². The molecule has 3 aromatic rings. The molecule has 2 aromatic heterocycles.